The topological polar surface area (TPSA) is 32.3 Å². The Hall–Kier alpha value is -0.570. The Morgan fingerprint density at radius 3 is 2.47 bits per heavy atom. The second-order valence-corrected chi connectivity index (χ2v) is 6.40. The molecule has 3 nitrogen and oxygen atoms in total. The summed E-state index contributed by atoms with van der Waals surface area (Å²) in [6, 6.07) is 0.561. The molecule has 1 saturated carbocycles. The van der Waals surface area contributed by atoms with Crippen LogP contribution < -0.4 is 5.32 Å². The molecule has 0 aromatic carbocycles. The molecule has 2 unspecified atom stereocenters. The van der Waals surface area contributed by atoms with Crippen LogP contribution in [0.3, 0.4) is 0 Å². The molecule has 110 valence electrons. The molecule has 0 spiro atoms. The van der Waals surface area contributed by atoms with E-state index in [-0.39, 0.29) is 6.04 Å². The molecule has 0 aromatic rings. The van der Waals surface area contributed by atoms with Gasteiger partial charge in [-0.3, -0.25) is 4.79 Å². The van der Waals surface area contributed by atoms with E-state index in [0.717, 1.165) is 18.9 Å². The predicted octanol–water partition coefficient (Wildman–Crippen LogP) is 2.95. The molecule has 1 heterocycles. The van der Waals surface area contributed by atoms with Crippen molar-refractivity contribution >= 4 is 5.91 Å². The van der Waals surface area contributed by atoms with Crippen molar-refractivity contribution in [3.63, 3.8) is 0 Å². The highest BCUT2D eigenvalue weighted by Crippen LogP contribution is 2.24. The summed E-state index contributed by atoms with van der Waals surface area (Å²) in [4.78, 5) is 14.7. The fourth-order valence-corrected chi connectivity index (χ4v) is 3.63. The molecule has 19 heavy (non-hydrogen) atoms. The molecule has 0 bridgehead atoms. The molecule has 0 radical (unpaired) electrons. The van der Waals surface area contributed by atoms with E-state index >= 15 is 0 Å². The van der Waals surface area contributed by atoms with Gasteiger partial charge in [0.2, 0.25) is 5.91 Å². The van der Waals surface area contributed by atoms with Gasteiger partial charge in [-0.15, -0.1) is 0 Å². The van der Waals surface area contributed by atoms with E-state index in [4.69, 9.17) is 0 Å². The van der Waals surface area contributed by atoms with Crippen LogP contribution in [0, 0.1) is 5.92 Å². The molecule has 2 atom stereocenters. The minimum Gasteiger partial charge on any atom is -0.341 e. The van der Waals surface area contributed by atoms with E-state index < -0.39 is 0 Å². The molecule has 1 saturated heterocycles. The Labute approximate surface area is 118 Å². The zero-order valence-corrected chi connectivity index (χ0v) is 12.7. The quantitative estimate of drug-likeness (QED) is 0.797. The lowest BCUT2D eigenvalue weighted by Gasteiger charge is -2.35. The predicted molar refractivity (Wildman–Crippen MR) is 79.1 cm³/mol. The first kappa shape index (κ1) is 14.8. The van der Waals surface area contributed by atoms with Crippen LogP contribution in [-0.4, -0.2) is 36.5 Å². The molecule has 2 rings (SSSR count). The van der Waals surface area contributed by atoms with Gasteiger partial charge in [-0.1, -0.05) is 39.0 Å². The smallest absolute Gasteiger partial charge is 0.239 e. The summed E-state index contributed by atoms with van der Waals surface area (Å²) in [7, 11) is 2.02. The largest absolute Gasteiger partial charge is 0.341 e. The fourth-order valence-electron chi connectivity index (χ4n) is 3.63. The number of nitrogens with zero attached hydrogens (tertiary/aromatic N) is 1. The van der Waals surface area contributed by atoms with Gasteiger partial charge in [0.05, 0.1) is 6.04 Å². The Kier molecular flexibility index (Phi) is 5.68. The van der Waals surface area contributed by atoms with E-state index in [9.17, 15) is 4.79 Å². The molecular formula is C16H30N2O. The monoisotopic (exact) mass is 266 g/mol. The van der Waals surface area contributed by atoms with E-state index in [0.29, 0.717) is 11.9 Å². The van der Waals surface area contributed by atoms with Crippen molar-refractivity contribution in [1.82, 2.24) is 10.2 Å². The minimum absolute atomic E-state index is 0.0759. The summed E-state index contributed by atoms with van der Waals surface area (Å²) in [5, 5.41) is 3.43. The van der Waals surface area contributed by atoms with Gasteiger partial charge < -0.3 is 10.2 Å². The SMILES string of the molecule is CCC1CCNC(C(=O)N(C)C2CCCCCC2)C1. The number of piperidine rings is 1. The van der Waals surface area contributed by atoms with Gasteiger partial charge in [-0.25, -0.2) is 0 Å². The van der Waals surface area contributed by atoms with Crippen molar-refractivity contribution in [2.24, 2.45) is 5.92 Å². The highest BCUT2D eigenvalue weighted by atomic mass is 16.2. The molecule has 1 amide bonds. The maximum absolute atomic E-state index is 12.6. The van der Waals surface area contributed by atoms with Crippen molar-refractivity contribution < 1.29 is 4.79 Å². The third kappa shape index (κ3) is 3.95. The third-order valence-electron chi connectivity index (χ3n) is 5.11. The van der Waals surface area contributed by atoms with Crippen LogP contribution in [0.4, 0.5) is 0 Å². The number of carbonyl (C=O) groups excluding carboxylic acids is 1. The number of nitrogens with one attached hydrogen (secondary N) is 1. The van der Waals surface area contributed by atoms with E-state index in [1.54, 1.807) is 0 Å². The fraction of sp³-hybridized carbons (Fsp3) is 0.938. The Morgan fingerprint density at radius 1 is 1.16 bits per heavy atom. The zero-order chi connectivity index (χ0) is 13.7. The molecule has 0 aromatic heterocycles. The number of likely N-dealkylation sites (N-methyl/N-ethyl adjacent to an activating group) is 1. The Bertz CT molecular complexity index is 284. The normalized spacial score (nSPS) is 29.8. The summed E-state index contributed by atoms with van der Waals surface area (Å²) in [6.07, 6.45) is 11.1. The van der Waals surface area contributed by atoms with Crippen molar-refractivity contribution in [2.45, 2.75) is 76.8 Å². The molecule has 1 aliphatic carbocycles. The Balaban J connectivity index is 1.90. The molecule has 2 aliphatic rings. The van der Waals surface area contributed by atoms with Gasteiger partial charge in [-0.05, 0) is 38.1 Å². The second kappa shape index (κ2) is 7.28. The maximum atomic E-state index is 12.6. The zero-order valence-electron chi connectivity index (χ0n) is 12.7. The minimum atomic E-state index is 0.0759. The molecule has 2 fully saturated rings. The van der Waals surface area contributed by atoms with Gasteiger partial charge in [-0.2, -0.15) is 0 Å². The van der Waals surface area contributed by atoms with Crippen LogP contribution in [0.1, 0.15) is 64.7 Å². The lowest BCUT2D eigenvalue weighted by Crippen LogP contribution is -2.51. The third-order valence-corrected chi connectivity index (χ3v) is 5.11. The lowest BCUT2D eigenvalue weighted by molar-refractivity contribution is -0.135. The van der Waals surface area contributed by atoms with Crippen LogP contribution >= 0.6 is 0 Å². The standard InChI is InChI=1S/C16H30N2O/c1-3-13-10-11-17-15(12-13)16(19)18(2)14-8-6-4-5-7-9-14/h13-15,17H,3-12H2,1-2H3. The average molecular weight is 266 g/mol. The van der Waals surface area contributed by atoms with Crippen LogP contribution in [0.25, 0.3) is 0 Å². The van der Waals surface area contributed by atoms with Crippen LogP contribution in [0.2, 0.25) is 0 Å². The molecular weight excluding hydrogens is 236 g/mol. The second-order valence-electron chi connectivity index (χ2n) is 6.40. The number of rotatable bonds is 3. The van der Waals surface area contributed by atoms with Gasteiger partial charge in [0.15, 0.2) is 0 Å². The number of hydrogen-bond acceptors (Lipinski definition) is 2. The first-order valence-electron chi connectivity index (χ1n) is 8.22. The van der Waals surface area contributed by atoms with Crippen molar-refractivity contribution in [1.29, 1.82) is 0 Å². The van der Waals surface area contributed by atoms with Crippen molar-refractivity contribution in [3.05, 3.63) is 0 Å². The highest BCUT2D eigenvalue weighted by molar-refractivity contribution is 5.82. The highest BCUT2D eigenvalue weighted by Gasteiger charge is 2.30. The van der Waals surface area contributed by atoms with E-state index in [1.807, 2.05) is 7.05 Å². The molecule has 1 N–H and O–H groups in total. The van der Waals surface area contributed by atoms with Crippen LogP contribution in [-0.2, 0) is 4.79 Å². The molecule has 1 aliphatic heterocycles. The summed E-state index contributed by atoms with van der Waals surface area (Å²) in [5.74, 6) is 1.07. The maximum Gasteiger partial charge on any atom is 0.239 e. The van der Waals surface area contributed by atoms with Gasteiger partial charge in [0.1, 0.15) is 0 Å². The van der Waals surface area contributed by atoms with Crippen molar-refractivity contribution in [2.75, 3.05) is 13.6 Å². The summed E-state index contributed by atoms with van der Waals surface area (Å²) >= 11 is 0. The number of carbonyl (C=O) groups is 1. The van der Waals surface area contributed by atoms with Gasteiger partial charge >= 0.3 is 0 Å². The van der Waals surface area contributed by atoms with Gasteiger partial charge in [0, 0.05) is 13.1 Å². The van der Waals surface area contributed by atoms with Crippen LogP contribution in [0.15, 0.2) is 0 Å². The van der Waals surface area contributed by atoms with E-state index in [2.05, 4.69) is 17.1 Å². The average Bonchev–Trinajstić information content (AvgIpc) is 2.75. The summed E-state index contributed by atoms with van der Waals surface area (Å²) in [5.41, 5.74) is 0. The lowest BCUT2D eigenvalue weighted by atomic mass is 9.89. The van der Waals surface area contributed by atoms with Gasteiger partial charge in [0.25, 0.3) is 0 Å². The summed E-state index contributed by atoms with van der Waals surface area (Å²) < 4.78 is 0. The number of hydrogen-bond donors (Lipinski definition) is 1. The number of amides is 1. The van der Waals surface area contributed by atoms with Crippen molar-refractivity contribution in [3.8, 4) is 0 Å². The van der Waals surface area contributed by atoms with Crippen LogP contribution in [0.5, 0.6) is 0 Å². The first-order chi connectivity index (χ1) is 9.22. The molecule has 3 heteroatoms. The Morgan fingerprint density at radius 2 is 1.84 bits per heavy atom. The summed E-state index contributed by atoms with van der Waals surface area (Å²) in [6.45, 7) is 3.25. The first-order valence-corrected chi connectivity index (χ1v) is 8.22. The van der Waals surface area contributed by atoms with E-state index in [1.165, 1.54) is 51.4 Å².